The minimum atomic E-state index is -0.286. The zero-order valence-electron chi connectivity index (χ0n) is 12.2. The number of hydrogen-bond acceptors (Lipinski definition) is 4. The average Bonchev–Trinajstić information content (AvgIpc) is 2.87. The van der Waals surface area contributed by atoms with Crippen LogP contribution in [0.5, 0.6) is 5.75 Å². The molecule has 1 heterocycles. The molecule has 1 aromatic heterocycles. The molecule has 0 aliphatic heterocycles. The van der Waals surface area contributed by atoms with E-state index >= 15 is 0 Å². The van der Waals surface area contributed by atoms with Crippen LogP contribution in [0.4, 0.5) is 16.2 Å². The molecule has 3 aromatic rings. The molecule has 2 aromatic carbocycles. The molecule has 0 aliphatic rings. The van der Waals surface area contributed by atoms with Crippen LogP contribution in [0, 0.1) is 6.92 Å². The molecule has 0 saturated heterocycles. The number of urea groups is 1. The van der Waals surface area contributed by atoms with Crippen molar-refractivity contribution in [2.24, 2.45) is 0 Å². The summed E-state index contributed by atoms with van der Waals surface area (Å²) in [6, 6.07) is 12.5. The lowest BCUT2D eigenvalue weighted by Gasteiger charge is -2.08. The van der Waals surface area contributed by atoms with Crippen molar-refractivity contribution < 1.29 is 9.53 Å². The van der Waals surface area contributed by atoms with Gasteiger partial charge < -0.3 is 15.4 Å². The van der Waals surface area contributed by atoms with Gasteiger partial charge in [0.05, 0.1) is 22.3 Å². The van der Waals surface area contributed by atoms with E-state index in [-0.39, 0.29) is 6.03 Å². The SMILES string of the molecule is COc1ccc(NC(=O)Nc2ccc3nc(C)sc3c2)cc1. The number of nitrogens with one attached hydrogen (secondary N) is 2. The van der Waals surface area contributed by atoms with E-state index in [1.165, 1.54) is 0 Å². The summed E-state index contributed by atoms with van der Waals surface area (Å²) in [6.07, 6.45) is 0. The molecule has 5 nitrogen and oxygen atoms in total. The number of ether oxygens (including phenoxy) is 1. The van der Waals surface area contributed by atoms with Crippen LogP contribution in [-0.2, 0) is 0 Å². The number of carbonyl (C=O) groups is 1. The Morgan fingerprint density at radius 2 is 1.77 bits per heavy atom. The number of benzene rings is 2. The lowest BCUT2D eigenvalue weighted by atomic mass is 10.3. The van der Waals surface area contributed by atoms with Gasteiger partial charge in [-0.2, -0.15) is 0 Å². The van der Waals surface area contributed by atoms with Crippen molar-refractivity contribution in [2.75, 3.05) is 17.7 Å². The van der Waals surface area contributed by atoms with Gasteiger partial charge in [-0.1, -0.05) is 0 Å². The van der Waals surface area contributed by atoms with Gasteiger partial charge in [-0.25, -0.2) is 9.78 Å². The Labute approximate surface area is 131 Å². The van der Waals surface area contributed by atoms with Gasteiger partial charge in [0.15, 0.2) is 0 Å². The first-order chi connectivity index (χ1) is 10.6. The lowest BCUT2D eigenvalue weighted by Crippen LogP contribution is -2.19. The number of anilines is 2. The molecule has 0 bridgehead atoms. The second-order valence-electron chi connectivity index (χ2n) is 4.72. The Bertz CT molecular complexity index is 812. The predicted molar refractivity (Wildman–Crippen MR) is 90.0 cm³/mol. The number of thiazole rings is 1. The molecule has 0 unspecified atom stereocenters. The van der Waals surface area contributed by atoms with E-state index in [4.69, 9.17) is 4.74 Å². The normalized spacial score (nSPS) is 10.5. The van der Waals surface area contributed by atoms with Gasteiger partial charge in [-0.05, 0) is 49.4 Å². The lowest BCUT2D eigenvalue weighted by molar-refractivity contribution is 0.262. The second kappa shape index (κ2) is 6.03. The molecular formula is C16H15N3O2S. The molecule has 2 N–H and O–H groups in total. The molecule has 0 aliphatic carbocycles. The number of nitrogens with zero attached hydrogens (tertiary/aromatic N) is 1. The maximum Gasteiger partial charge on any atom is 0.323 e. The summed E-state index contributed by atoms with van der Waals surface area (Å²) in [5.74, 6) is 0.747. The fraction of sp³-hybridized carbons (Fsp3) is 0.125. The highest BCUT2D eigenvalue weighted by Gasteiger charge is 2.05. The number of aromatic nitrogens is 1. The van der Waals surface area contributed by atoms with Crippen LogP contribution in [0.1, 0.15) is 5.01 Å². The van der Waals surface area contributed by atoms with E-state index in [0.29, 0.717) is 5.69 Å². The third kappa shape index (κ3) is 3.17. The Kier molecular flexibility index (Phi) is 3.93. The van der Waals surface area contributed by atoms with Crippen LogP contribution in [0.15, 0.2) is 42.5 Å². The minimum absolute atomic E-state index is 0.286. The van der Waals surface area contributed by atoms with Crippen molar-refractivity contribution in [1.29, 1.82) is 0 Å². The first kappa shape index (κ1) is 14.3. The Morgan fingerprint density at radius 1 is 1.09 bits per heavy atom. The van der Waals surface area contributed by atoms with Crippen LogP contribution >= 0.6 is 11.3 Å². The van der Waals surface area contributed by atoms with Crippen molar-refractivity contribution in [2.45, 2.75) is 6.92 Å². The minimum Gasteiger partial charge on any atom is -0.497 e. The van der Waals surface area contributed by atoms with Crippen molar-refractivity contribution in [3.63, 3.8) is 0 Å². The van der Waals surface area contributed by atoms with Crippen LogP contribution in [0.25, 0.3) is 10.2 Å². The van der Waals surface area contributed by atoms with E-state index in [9.17, 15) is 4.79 Å². The van der Waals surface area contributed by atoms with Gasteiger partial charge in [0.1, 0.15) is 5.75 Å². The van der Waals surface area contributed by atoms with Crippen LogP contribution in [0.3, 0.4) is 0 Å². The van der Waals surface area contributed by atoms with E-state index in [0.717, 1.165) is 26.7 Å². The zero-order chi connectivity index (χ0) is 15.5. The zero-order valence-corrected chi connectivity index (χ0v) is 13.0. The van der Waals surface area contributed by atoms with Gasteiger partial charge in [-0.3, -0.25) is 0 Å². The molecule has 0 fully saturated rings. The van der Waals surface area contributed by atoms with Gasteiger partial charge >= 0.3 is 6.03 Å². The van der Waals surface area contributed by atoms with Crippen molar-refractivity contribution in [3.05, 3.63) is 47.5 Å². The third-order valence-corrected chi connectivity index (χ3v) is 4.03. The number of aryl methyl sites for hydroxylation is 1. The van der Waals surface area contributed by atoms with Gasteiger partial charge in [-0.15, -0.1) is 11.3 Å². The summed E-state index contributed by atoms with van der Waals surface area (Å²) in [7, 11) is 1.60. The fourth-order valence-corrected chi connectivity index (χ4v) is 2.95. The Hall–Kier alpha value is -2.60. The Balaban J connectivity index is 1.69. The number of rotatable bonds is 3. The first-order valence-corrected chi connectivity index (χ1v) is 7.55. The summed E-state index contributed by atoms with van der Waals surface area (Å²) in [5.41, 5.74) is 2.39. The summed E-state index contributed by atoms with van der Waals surface area (Å²) in [6.45, 7) is 1.97. The number of fused-ring (bicyclic) bond motifs is 1. The van der Waals surface area contributed by atoms with Crippen molar-refractivity contribution >= 4 is 39.0 Å². The molecule has 6 heteroatoms. The van der Waals surface area contributed by atoms with E-state index < -0.39 is 0 Å². The molecule has 22 heavy (non-hydrogen) atoms. The molecule has 0 radical (unpaired) electrons. The third-order valence-electron chi connectivity index (χ3n) is 3.10. The predicted octanol–water partition coefficient (Wildman–Crippen LogP) is 4.26. The highest BCUT2D eigenvalue weighted by molar-refractivity contribution is 7.18. The molecule has 2 amide bonds. The number of methoxy groups -OCH3 is 1. The quantitative estimate of drug-likeness (QED) is 0.759. The van der Waals surface area contributed by atoms with Crippen molar-refractivity contribution in [1.82, 2.24) is 4.98 Å². The second-order valence-corrected chi connectivity index (χ2v) is 5.96. The van der Waals surface area contributed by atoms with E-state index in [2.05, 4.69) is 15.6 Å². The molecular weight excluding hydrogens is 298 g/mol. The van der Waals surface area contributed by atoms with Gasteiger partial charge in [0.25, 0.3) is 0 Å². The van der Waals surface area contributed by atoms with Crippen LogP contribution < -0.4 is 15.4 Å². The Morgan fingerprint density at radius 3 is 2.50 bits per heavy atom. The standard InChI is InChI=1S/C16H15N3O2S/c1-10-17-14-8-5-12(9-15(14)22-10)19-16(20)18-11-3-6-13(21-2)7-4-11/h3-9H,1-2H3,(H2,18,19,20). The monoisotopic (exact) mass is 313 g/mol. The highest BCUT2D eigenvalue weighted by Crippen LogP contribution is 2.25. The molecule has 0 spiro atoms. The van der Waals surface area contributed by atoms with Gasteiger partial charge in [0, 0.05) is 11.4 Å². The van der Waals surface area contributed by atoms with Crippen LogP contribution in [0.2, 0.25) is 0 Å². The molecule has 0 saturated carbocycles. The summed E-state index contributed by atoms with van der Waals surface area (Å²) < 4.78 is 6.13. The maximum atomic E-state index is 12.0. The molecule has 3 rings (SSSR count). The number of hydrogen-bond donors (Lipinski definition) is 2. The van der Waals surface area contributed by atoms with Gasteiger partial charge in [0.2, 0.25) is 0 Å². The average molecular weight is 313 g/mol. The molecule has 112 valence electrons. The van der Waals surface area contributed by atoms with Crippen molar-refractivity contribution in [3.8, 4) is 5.75 Å². The molecule has 0 atom stereocenters. The summed E-state index contributed by atoms with van der Waals surface area (Å²) in [4.78, 5) is 16.4. The number of amides is 2. The largest absolute Gasteiger partial charge is 0.497 e. The summed E-state index contributed by atoms with van der Waals surface area (Å²) >= 11 is 1.60. The topological polar surface area (TPSA) is 63.2 Å². The number of carbonyl (C=O) groups excluding carboxylic acids is 1. The van der Waals surface area contributed by atoms with E-state index in [1.54, 1.807) is 42.7 Å². The first-order valence-electron chi connectivity index (χ1n) is 6.73. The summed E-state index contributed by atoms with van der Waals surface area (Å²) in [5, 5.41) is 6.60. The fourth-order valence-electron chi connectivity index (χ4n) is 2.09. The van der Waals surface area contributed by atoms with E-state index in [1.807, 2.05) is 25.1 Å². The smallest absolute Gasteiger partial charge is 0.323 e. The maximum absolute atomic E-state index is 12.0. The highest BCUT2D eigenvalue weighted by atomic mass is 32.1. The van der Waals surface area contributed by atoms with Crippen LogP contribution in [-0.4, -0.2) is 18.1 Å².